The third-order valence-electron chi connectivity index (χ3n) is 12.5. The Hall–Kier alpha value is -5.62. The van der Waals surface area contributed by atoms with Crippen LogP contribution in [0.5, 0.6) is 0 Å². The average molecular weight is 1080 g/mol. The zero-order valence-corrected chi connectivity index (χ0v) is 39.2. The van der Waals surface area contributed by atoms with Crippen molar-refractivity contribution in [2.75, 3.05) is 17.2 Å². The third kappa shape index (κ3) is 9.99. The number of carbonyl (C=O) groups is 1. The maximum atomic E-state index is 15.6. The maximum absolute atomic E-state index is 15.6. The van der Waals surface area contributed by atoms with Crippen molar-refractivity contribution < 1.29 is 78.7 Å². The predicted molar refractivity (Wildman–Crippen MR) is 228 cm³/mol. The molecule has 3 heterocycles. The fourth-order valence-corrected chi connectivity index (χ4v) is 10.0. The summed E-state index contributed by atoms with van der Waals surface area (Å²) in [6.07, 6.45) is -17.2. The number of rotatable bonds is 11. The van der Waals surface area contributed by atoms with Crippen LogP contribution in [0.15, 0.2) is 30.3 Å². The number of hydrogen-bond acceptors (Lipinski definition) is 8. The molecule has 3 aromatic heterocycles. The Bertz CT molecular complexity index is 3340. The first kappa shape index (κ1) is 51.7. The molecule has 4 atom stereocenters. The number of halogens is 14. The first-order valence-corrected chi connectivity index (χ1v) is 25.0. The van der Waals surface area contributed by atoms with Gasteiger partial charge < -0.3 is 5.32 Å². The molecule has 1 fully saturated rings. The van der Waals surface area contributed by atoms with Crippen LogP contribution in [0.2, 0.25) is 5.02 Å². The molecular formula is C43H35ClF13N7O5S2. The molecule has 3 aliphatic rings. The average Bonchev–Trinajstić information content (AvgIpc) is 3.42. The van der Waals surface area contributed by atoms with Gasteiger partial charge in [-0.3, -0.25) is 18.9 Å². The minimum Gasteiger partial charge on any atom is -0.346 e. The monoisotopic (exact) mass is 1080 g/mol. The van der Waals surface area contributed by atoms with Crippen LogP contribution in [0.1, 0.15) is 77.3 Å². The third-order valence-corrected chi connectivity index (χ3v) is 15.3. The van der Waals surface area contributed by atoms with Crippen molar-refractivity contribution >= 4 is 54.1 Å². The minimum atomic E-state index is -5.27. The van der Waals surface area contributed by atoms with Crippen LogP contribution in [0.4, 0.5) is 62.9 Å². The van der Waals surface area contributed by atoms with Crippen LogP contribution in [-0.2, 0) is 69.1 Å². The molecule has 0 bridgehead atoms. The molecule has 5 aromatic rings. The Kier molecular flexibility index (Phi) is 12.4. The number of pyridine rings is 1. The number of alkyl halides is 11. The number of fused-ring (bicyclic) bond motifs is 5. The smallest absolute Gasteiger partial charge is 0.346 e. The molecule has 8 rings (SSSR count). The van der Waals surface area contributed by atoms with Crippen LogP contribution in [0, 0.1) is 35.3 Å². The number of benzene rings is 2. The summed E-state index contributed by atoms with van der Waals surface area (Å²) in [6.45, 7) is -1.12. The number of aromatic nitrogens is 5. The number of sulfonamides is 1. The Morgan fingerprint density at radius 1 is 0.930 bits per heavy atom. The van der Waals surface area contributed by atoms with E-state index >= 15 is 8.78 Å². The lowest BCUT2D eigenvalue weighted by Gasteiger charge is -2.25. The van der Waals surface area contributed by atoms with E-state index in [0.29, 0.717) is 12.3 Å². The summed E-state index contributed by atoms with van der Waals surface area (Å²) in [7, 11) is -8.45. The van der Waals surface area contributed by atoms with Gasteiger partial charge in [0.15, 0.2) is 21.3 Å². The van der Waals surface area contributed by atoms with Gasteiger partial charge in [0, 0.05) is 34.9 Å². The summed E-state index contributed by atoms with van der Waals surface area (Å²) < 4.78 is 242. The molecule has 3 aliphatic carbocycles. The molecule has 28 heteroatoms. The lowest BCUT2D eigenvalue weighted by molar-refractivity contribution is -0.171. The second kappa shape index (κ2) is 17.0. The van der Waals surface area contributed by atoms with Crippen molar-refractivity contribution in [2.45, 2.75) is 93.8 Å². The number of sulfone groups is 1. The van der Waals surface area contributed by atoms with E-state index in [1.54, 1.807) is 0 Å². The summed E-state index contributed by atoms with van der Waals surface area (Å²) in [5.41, 5.74) is -7.80. The SMILES string of the molecule is CC(C)(C#Cc1nc([C@H](Cc2cc(F)cc(F)c2)NC(=O)Cn2nc(C(F)(F)F)c3c2C(F)(F)[C@@H]2CC32)c(-c2ccc(Cl)c3c(NS(C)(=O)=O)nn(CC(F)(F)F)c23)c2c1C[C@H](C(F)(F)F)C2)S(C)(=O)=O. The molecule has 12 nitrogen and oxygen atoms in total. The van der Waals surface area contributed by atoms with E-state index in [-0.39, 0.29) is 32.5 Å². The van der Waals surface area contributed by atoms with Gasteiger partial charge in [-0.2, -0.15) is 58.5 Å². The highest BCUT2D eigenvalue weighted by molar-refractivity contribution is 7.92. The largest absolute Gasteiger partial charge is 0.435 e. The zero-order valence-electron chi connectivity index (χ0n) is 36.8. The van der Waals surface area contributed by atoms with Gasteiger partial charge in [0.1, 0.15) is 40.9 Å². The Labute approximate surface area is 399 Å². The van der Waals surface area contributed by atoms with E-state index in [9.17, 15) is 69.9 Å². The van der Waals surface area contributed by atoms with Crippen molar-refractivity contribution in [3.8, 4) is 23.0 Å². The van der Waals surface area contributed by atoms with Crippen LogP contribution in [-0.4, -0.2) is 76.9 Å². The number of hydrogen-bond donors (Lipinski definition) is 2. The quantitative estimate of drug-likeness (QED) is 0.0981. The van der Waals surface area contributed by atoms with Crippen LogP contribution >= 0.6 is 11.6 Å². The molecule has 0 spiro atoms. The van der Waals surface area contributed by atoms with Gasteiger partial charge in [0.25, 0.3) is 5.92 Å². The number of anilines is 1. The number of nitrogens with one attached hydrogen (secondary N) is 2. The van der Waals surface area contributed by atoms with Gasteiger partial charge in [-0.1, -0.05) is 23.6 Å². The number of carbonyl (C=O) groups excluding carboxylic acids is 1. The van der Waals surface area contributed by atoms with Crippen molar-refractivity contribution in [1.29, 1.82) is 0 Å². The Morgan fingerprint density at radius 3 is 2.14 bits per heavy atom. The summed E-state index contributed by atoms with van der Waals surface area (Å²) in [5, 5.41) is 8.51. The second-order valence-electron chi connectivity index (χ2n) is 18.1. The maximum Gasteiger partial charge on any atom is 0.435 e. The topological polar surface area (TPSA) is 158 Å². The summed E-state index contributed by atoms with van der Waals surface area (Å²) in [5.74, 6) is -8.73. The lowest BCUT2D eigenvalue weighted by atomic mass is 9.88. The molecule has 2 aromatic carbocycles. The molecular weight excluding hydrogens is 1040 g/mol. The number of nitrogens with zero attached hydrogens (tertiary/aromatic N) is 5. The van der Waals surface area contributed by atoms with E-state index in [4.69, 9.17) is 11.6 Å². The zero-order chi connectivity index (χ0) is 52.5. The van der Waals surface area contributed by atoms with Gasteiger partial charge in [-0.05, 0) is 86.3 Å². The molecule has 71 heavy (non-hydrogen) atoms. The van der Waals surface area contributed by atoms with Crippen LogP contribution in [0.3, 0.4) is 0 Å². The van der Waals surface area contributed by atoms with E-state index in [0.717, 1.165) is 44.4 Å². The van der Waals surface area contributed by atoms with Crippen molar-refractivity contribution in [2.24, 2.45) is 11.8 Å². The van der Waals surface area contributed by atoms with Crippen molar-refractivity contribution in [1.82, 2.24) is 29.9 Å². The Balaban J connectivity index is 1.44. The van der Waals surface area contributed by atoms with Crippen molar-refractivity contribution in [3.05, 3.63) is 92.0 Å². The Morgan fingerprint density at radius 2 is 1.56 bits per heavy atom. The van der Waals surface area contributed by atoms with Crippen LogP contribution in [0.25, 0.3) is 22.0 Å². The second-order valence-corrected chi connectivity index (χ2v) is 22.8. The van der Waals surface area contributed by atoms with Gasteiger partial charge >= 0.3 is 18.5 Å². The molecule has 382 valence electrons. The fourth-order valence-electron chi connectivity index (χ4n) is 9.06. The summed E-state index contributed by atoms with van der Waals surface area (Å²) >= 11 is 6.51. The van der Waals surface area contributed by atoms with Gasteiger partial charge in [0.05, 0.1) is 39.8 Å². The molecule has 0 radical (unpaired) electrons. The van der Waals surface area contributed by atoms with Crippen molar-refractivity contribution in [3.63, 3.8) is 0 Å². The first-order chi connectivity index (χ1) is 32.4. The molecule has 0 aliphatic heterocycles. The standard InChI is InChI=1S/C43H35ClF13N7O5S2/c1-39(2,70(3,66)67)8-7-28-23-12-19(42(52,53)54)13-24(23)31(22-5-6-27(44)33-35(22)64(17-40(47,48)49)61-38(33)62-71(4,68)69)34(59-28)29(11-18-9-20(45)14-21(46)10-18)58-30(65)16-63-37-32(36(60-63)43(55,56)57)25-15-26(25)41(37,50)51/h5-6,9-10,14,19,25-26,29H,11-13,15-17H2,1-4H3,(H,58,65)(H,61,62)/t19-,25?,26+,29-/m0/s1. The molecule has 2 N–H and O–H groups in total. The minimum absolute atomic E-state index is 0.127. The van der Waals surface area contributed by atoms with Gasteiger partial charge in [-0.15, -0.1) is 0 Å². The lowest BCUT2D eigenvalue weighted by Crippen LogP contribution is -2.35. The fraction of sp³-hybridized carbons (Fsp3) is 0.442. The van der Waals surface area contributed by atoms with Gasteiger partial charge in [-0.25, -0.2) is 30.6 Å². The molecule has 1 saturated carbocycles. The highest BCUT2D eigenvalue weighted by Crippen LogP contribution is 2.68. The molecule has 1 unspecified atom stereocenters. The van der Waals surface area contributed by atoms with Gasteiger partial charge in [0.2, 0.25) is 15.9 Å². The van der Waals surface area contributed by atoms with E-state index in [1.165, 1.54) is 0 Å². The van der Waals surface area contributed by atoms with E-state index in [1.807, 2.05) is 4.72 Å². The molecule has 1 amide bonds. The normalized spacial score (nSPS) is 19.2. The van der Waals surface area contributed by atoms with Crippen LogP contribution < -0.4 is 10.0 Å². The highest BCUT2D eigenvalue weighted by Gasteiger charge is 2.68. The van der Waals surface area contributed by atoms with E-state index in [2.05, 4.69) is 32.3 Å². The van der Waals surface area contributed by atoms with E-state index < -0.39 is 184 Å². The molecule has 0 saturated heterocycles. The predicted octanol–water partition coefficient (Wildman–Crippen LogP) is 8.94. The summed E-state index contributed by atoms with van der Waals surface area (Å²) in [4.78, 5) is 18.8. The summed E-state index contributed by atoms with van der Waals surface area (Å²) in [6, 6.07) is 1.92. The number of amides is 1. The first-order valence-electron chi connectivity index (χ1n) is 20.8. The highest BCUT2D eigenvalue weighted by atomic mass is 35.5.